The van der Waals surface area contributed by atoms with Crippen molar-refractivity contribution in [1.82, 2.24) is 9.80 Å². The van der Waals surface area contributed by atoms with Crippen LogP contribution in [-0.4, -0.2) is 42.4 Å². The molecule has 0 atom stereocenters. The molecule has 2 nitrogen and oxygen atoms in total. The van der Waals surface area contributed by atoms with Gasteiger partial charge in [-0.25, -0.2) is 4.39 Å². The van der Waals surface area contributed by atoms with Crippen molar-refractivity contribution in [3.63, 3.8) is 0 Å². The van der Waals surface area contributed by atoms with E-state index in [9.17, 15) is 4.39 Å². The lowest BCUT2D eigenvalue weighted by Gasteiger charge is -2.23. The minimum atomic E-state index is -0.811. The Morgan fingerprint density at radius 2 is 1.29 bits per heavy atom. The van der Waals surface area contributed by atoms with Gasteiger partial charge in [0.1, 0.15) is 0 Å². The van der Waals surface area contributed by atoms with Crippen molar-refractivity contribution in [3.8, 4) is 0 Å². The lowest BCUT2D eigenvalue weighted by molar-refractivity contribution is 0.0156. The number of hydrogen-bond acceptors (Lipinski definition) is 2. The standard InChI is InChI=1S/C13H27FN2.ClH/c1-3-5-7-9-15-11-12-16(13(15)14)10-8-6-4-2;/h13H,3-12H2,1-2H3;1H. The number of nitrogens with zero attached hydrogens (tertiary/aromatic N) is 2. The Balaban J connectivity index is 0.00000256. The molecule has 0 saturated carbocycles. The van der Waals surface area contributed by atoms with Crippen LogP contribution in [0.4, 0.5) is 4.39 Å². The van der Waals surface area contributed by atoms with Crippen LogP contribution < -0.4 is 0 Å². The summed E-state index contributed by atoms with van der Waals surface area (Å²) in [7, 11) is 0. The molecule has 0 N–H and O–H groups in total. The van der Waals surface area contributed by atoms with Crippen LogP contribution in [0, 0.1) is 0 Å². The molecule has 0 unspecified atom stereocenters. The molecule has 104 valence electrons. The first-order valence-electron chi connectivity index (χ1n) is 6.91. The molecule has 0 aromatic carbocycles. The van der Waals surface area contributed by atoms with Gasteiger partial charge in [0, 0.05) is 26.2 Å². The molecular weight excluding hydrogens is 239 g/mol. The second-order valence-corrected chi connectivity index (χ2v) is 4.80. The lowest BCUT2D eigenvalue weighted by Crippen LogP contribution is -2.36. The van der Waals surface area contributed by atoms with Crippen molar-refractivity contribution < 1.29 is 4.39 Å². The molecule has 0 aromatic rings. The Morgan fingerprint density at radius 3 is 1.65 bits per heavy atom. The molecule has 1 fully saturated rings. The van der Waals surface area contributed by atoms with Crippen molar-refractivity contribution >= 4 is 12.4 Å². The van der Waals surface area contributed by atoms with E-state index in [0.29, 0.717) is 0 Å². The van der Waals surface area contributed by atoms with Crippen molar-refractivity contribution in [2.45, 2.75) is 58.8 Å². The highest BCUT2D eigenvalue weighted by Gasteiger charge is 2.30. The van der Waals surface area contributed by atoms with Crippen LogP contribution in [0.3, 0.4) is 0 Å². The fourth-order valence-corrected chi connectivity index (χ4v) is 2.27. The van der Waals surface area contributed by atoms with E-state index in [0.717, 1.165) is 39.0 Å². The summed E-state index contributed by atoms with van der Waals surface area (Å²) >= 11 is 0. The Morgan fingerprint density at radius 1 is 0.882 bits per heavy atom. The maximum atomic E-state index is 14.0. The van der Waals surface area contributed by atoms with Gasteiger partial charge < -0.3 is 0 Å². The maximum absolute atomic E-state index is 14.0. The summed E-state index contributed by atoms with van der Waals surface area (Å²) in [6, 6.07) is 0. The Bertz CT molecular complexity index is 163. The first-order chi connectivity index (χ1) is 7.79. The van der Waals surface area contributed by atoms with Crippen molar-refractivity contribution in [2.24, 2.45) is 0 Å². The first-order valence-corrected chi connectivity index (χ1v) is 6.91. The third kappa shape index (κ3) is 6.03. The van der Waals surface area contributed by atoms with Crippen LogP contribution in [0.15, 0.2) is 0 Å². The minimum absolute atomic E-state index is 0. The van der Waals surface area contributed by atoms with Gasteiger partial charge in [0.15, 0.2) is 0 Å². The van der Waals surface area contributed by atoms with Crippen LogP contribution in [-0.2, 0) is 0 Å². The average molecular weight is 267 g/mol. The van der Waals surface area contributed by atoms with Crippen LogP contribution in [0.1, 0.15) is 52.4 Å². The van der Waals surface area contributed by atoms with E-state index >= 15 is 0 Å². The predicted molar refractivity (Wildman–Crippen MR) is 74.3 cm³/mol. The summed E-state index contributed by atoms with van der Waals surface area (Å²) in [5.74, 6) is 0. The van der Waals surface area contributed by atoms with Crippen LogP contribution in [0.5, 0.6) is 0 Å². The lowest BCUT2D eigenvalue weighted by atomic mass is 10.2. The molecule has 0 radical (unpaired) electrons. The Hall–Kier alpha value is 0.140. The van der Waals surface area contributed by atoms with E-state index in [1.165, 1.54) is 25.7 Å². The maximum Gasteiger partial charge on any atom is 0.210 e. The summed E-state index contributed by atoms with van der Waals surface area (Å²) < 4.78 is 14.0. The molecule has 17 heavy (non-hydrogen) atoms. The molecule has 1 aliphatic heterocycles. The molecule has 1 aliphatic rings. The number of hydrogen-bond donors (Lipinski definition) is 0. The Kier molecular flexibility index (Phi) is 10.2. The normalized spacial score (nSPS) is 18.5. The SMILES string of the molecule is CCCCCN1CCN(CCCCC)C1F.Cl. The number of alkyl halides is 1. The topological polar surface area (TPSA) is 6.48 Å². The van der Waals surface area contributed by atoms with Gasteiger partial charge in [0.25, 0.3) is 0 Å². The van der Waals surface area contributed by atoms with Crippen molar-refractivity contribution in [1.29, 1.82) is 0 Å². The predicted octanol–water partition coefficient (Wildman–Crippen LogP) is 3.66. The van der Waals surface area contributed by atoms with Crippen molar-refractivity contribution in [3.05, 3.63) is 0 Å². The van der Waals surface area contributed by atoms with E-state index in [1.807, 2.05) is 9.80 Å². The van der Waals surface area contributed by atoms with E-state index in [1.54, 1.807) is 0 Å². The summed E-state index contributed by atoms with van der Waals surface area (Å²) in [5.41, 5.74) is 0. The number of unbranched alkanes of at least 4 members (excludes halogenated alkanes) is 4. The molecule has 0 spiro atoms. The second-order valence-electron chi connectivity index (χ2n) is 4.80. The second kappa shape index (κ2) is 10.1. The summed E-state index contributed by atoms with van der Waals surface area (Å²) in [6.07, 6.45) is 6.34. The molecule has 0 aliphatic carbocycles. The van der Waals surface area contributed by atoms with Crippen LogP contribution in [0.2, 0.25) is 0 Å². The number of halogens is 2. The van der Waals surface area contributed by atoms with Crippen molar-refractivity contribution in [2.75, 3.05) is 26.2 Å². The highest BCUT2D eigenvalue weighted by molar-refractivity contribution is 5.85. The molecule has 0 bridgehead atoms. The molecular formula is C13H28ClFN2. The monoisotopic (exact) mass is 266 g/mol. The van der Waals surface area contributed by atoms with E-state index in [4.69, 9.17) is 0 Å². The molecule has 1 saturated heterocycles. The third-order valence-electron chi connectivity index (χ3n) is 3.37. The quantitative estimate of drug-likeness (QED) is 0.489. The van der Waals surface area contributed by atoms with E-state index < -0.39 is 6.42 Å². The first kappa shape index (κ1) is 17.1. The minimum Gasteiger partial charge on any atom is -0.260 e. The van der Waals surface area contributed by atoms with Gasteiger partial charge in [0.05, 0.1) is 0 Å². The van der Waals surface area contributed by atoms with Gasteiger partial charge in [-0.15, -0.1) is 12.4 Å². The smallest absolute Gasteiger partial charge is 0.210 e. The van der Waals surface area contributed by atoms with Crippen LogP contribution in [0.25, 0.3) is 0 Å². The fraction of sp³-hybridized carbons (Fsp3) is 1.00. The van der Waals surface area contributed by atoms with E-state index in [-0.39, 0.29) is 12.4 Å². The molecule has 0 amide bonds. The fourth-order valence-electron chi connectivity index (χ4n) is 2.27. The van der Waals surface area contributed by atoms with Gasteiger partial charge in [-0.2, -0.15) is 0 Å². The summed E-state index contributed by atoms with van der Waals surface area (Å²) in [5, 5.41) is 0. The van der Waals surface area contributed by atoms with Gasteiger partial charge >= 0.3 is 0 Å². The van der Waals surface area contributed by atoms with E-state index in [2.05, 4.69) is 13.8 Å². The average Bonchev–Trinajstić information content (AvgIpc) is 2.62. The Labute approximate surface area is 112 Å². The van der Waals surface area contributed by atoms with Crippen LogP contribution >= 0.6 is 12.4 Å². The summed E-state index contributed by atoms with van der Waals surface area (Å²) in [6.45, 7) is 8.06. The highest BCUT2D eigenvalue weighted by Crippen LogP contribution is 2.17. The van der Waals surface area contributed by atoms with Gasteiger partial charge in [-0.1, -0.05) is 39.5 Å². The zero-order valence-electron chi connectivity index (χ0n) is 11.3. The zero-order valence-corrected chi connectivity index (χ0v) is 12.1. The molecule has 1 rings (SSSR count). The van der Waals surface area contributed by atoms with Gasteiger partial charge in [-0.05, 0) is 12.8 Å². The summed E-state index contributed by atoms with van der Waals surface area (Å²) in [4.78, 5) is 3.98. The zero-order chi connectivity index (χ0) is 11.8. The van der Waals surface area contributed by atoms with Gasteiger partial charge in [0.2, 0.25) is 6.42 Å². The highest BCUT2D eigenvalue weighted by atomic mass is 35.5. The third-order valence-corrected chi connectivity index (χ3v) is 3.37. The molecule has 1 heterocycles. The largest absolute Gasteiger partial charge is 0.260 e. The number of rotatable bonds is 8. The van der Waals surface area contributed by atoms with Gasteiger partial charge in [-0.3, -0.25) is 9.80 Å². The molecule has 4 heteroatoms. The molecule has 0 aromatic heterocycles.